The molecular weight excluding hydrogens is 228 g/mol. The normalized spacial score (nSPS) is 31.8. The molecule has 4 nitrogen and oxygen atoms in total. The van der Waals surface area contributed by atoms with Crippen LogP contribution in [0.15, 0.2) is 0 Å². The van der Waals surface area contributed by atoms with Crippen LogP contribution in [-0.2, 0) is 4.74 Å². The van der Waals surface area contributed by atoms with E-state index in [2.05, 4.69) is 10.6 Å². The van der Waals surface area contributed by atoms with Gasteiger partial charge in [-0.15, -0.1) is 0 Å². The van der Waals surface area contributed by atoms with E-state index in [1.54, 1.807) is 0 Å². The molecule has 0 radical (unpaired) electrons. The lowest BCUT2D eigenvalue weighted by molar-refractivity contribution is 0.0485. The standard InChI is InChI=1S/C14H26N2O2/c1-13(2,3)18-12(17)16-10-14-6-4-11(5-7-14)8-15-9-14/h11,15H,4-10H2,1-3H3,(H,16,17). The summed E-state index contributed by atoms with van der Waals surface area (Å²) >= 11 is 0. The van der Waals surface area contributed by atoms with Crippen LogP contribution in [0.5, 0.6) is 0 Å². The molecule has 2 aliphatic heterocycles. The number of nitrogens with one attached hydrogen (secondary N) is 2. The van der Waals surface area contributed by atoms with Gasteiger partial charge >= 0.3 is 6.09 Å². The molecule has 104 valence electrons. The molecule has 3 aliphatic rings. The maximum Gasteiger partial charge on any atom is 0.407 e. The molecule has 0 aromatic heterocycles. The Labute approximate surface area is 110 Å². The number of alkyl carbamates (subject to hydrolysis) is 1. The van der Waals surface area contributed by atoms with Crippen LogP contribution in [0.4, 0.5) is 4.79 Å². The summed E-state index contributed by atoms with van der Waals surface area (Å²) < 4.78 is 5.29. The highest BCUT2D eigenvalue weighted by Gasteiger charge is 2.38. The van der Waals surface area contributed by atoms with E-state index in [-0.39, 0.29) is 11.5 Å². The minimum atomic E-state index is -0.416. The third-order valence-electron chi connectivity index (χ3n) is 4.11. The van der Waals surface area contributed by atoms with Gasteiger partial charge < -0.3 is 15.4 Å². The number of carbonyl (C=O) groups excluding carboxylic acids is 1. The lowest BCUT2D eigenvalue weighted by Gasteiger charge is -2.36. The smallest absolute Gasteiger partial charge is 0.407 e. The number of rotatable bonds is 2. The Bertz CT molecular complexity index is 296. The van der Waals surface area contributed by atoms with Crippen molar-refractivity contribution >= 4 is 6.09 Å². The van der Waals surface area contributed by atoms with Crippen molar-refractivity contribution in [3.05, 3.63) is 0 Å². The summed E-state index contributed by atoms with van der Waals surface area (Å²) in [6, 6.07) is 0. The quantitative estimate of drug-likeness (QED) is 0.795. The van der Waals surface area contributed by atoms with Gasteiger partial charge in [0.2, 0.25) is 0 Å². The van der Waals surface area contributed by atoms with E-state index >= 15 is 0 Å². The van der Waals surface area contributed by atoms with Gasteiger partial charge in [-0.25, -0.2) is 4.79 Å². The minimum Gasteiger partial charge on any atom is -0.444 e. The van der Waals surface area contributed by atoms with Crippen molar-refractivity contribution in [3.63, 3.8) is 0 Å². The zero-order chi connectivity index (χ0) is 13.2. The molecule has 3 rings (SSSR count). The van der Waals surface area contributed by atoms with Crippen LogP contribution in [0.3, 0.4) is 0 Å². The molecule has 0 aromatic rings. The second-order valence-electron chi connectivity index (χ2n) is 6.93. The van der Waals surface area contributed by atoms with E-state index < -0.39 is 5.60 Å². The highest BCUT2D eigenvalue weighted by atomic mass is 16.6. The Kier molecular flexibility index (Phi) is 3.85. The van der Waals surface area contributed by atoms with Crippen molar-refractivity contribution in [2.75, 3.05) is 19.6 Å². The average Bonchev–Trinajstić information content (AvgIpc) is 2.58. The van der Waals surface area contributed by atoms with Crippen molar-refractivity contribution in [3.8, 4) is 0 Å². The lowest BCUT2D eigenvalue weighted by atomic mass is 9.72. The monoisotopic (exact) mass is 254 g/mol. The summed E-state index contributed by atoms with van der Waals surface area (Å²) in [6.45, 7) is 8.59. The first kappa shape index (κ1) is 13.7. The van der Waals surface area contributed by atoms with Gasteiger partial charge in [-0.2, -0.15) is 0 Å². The Morgan fingerprint density at radius 1 is 1.39 bits per heavy atom. The Morgan fingerprint density at radius 2 is 2.06 bits per heavy atom. The molecule has 1 amide bonds. The molecule has 0 atom stereocenters. The zero-order valence-electron chi connectivity index (χ0n) is 11.8. The first-order valence-corrected chi connectivity index (χ1v) is 7.06. The van der Waals surface area contributed by atoms with Gasteiger partial charge in [0.05, 0.1) is 0 Å². The molecule has 0 spiro atoms. The van der Waals surface area contributed by atoms with E-state index in [0.29, 0.717) is 0 Å². The molecule has 2 saturated heterocycles. The largest absolute Gasteiger partial charge is 0.444 e. The highest BCUT2D eigenvalue weighted by Crippen LogP contribution is 2.40. The van der Waals surface area contributed by atoms with E-state index in [1.165, 1.54) is 25.7 Å². The number of carbonyl (C=O) groups is 1. The first-order valence-electron chi connectivity index (χ1n) is 7.06. The summed E-state index contributed by atoms with van der Waals surface area (Å²) in [4.78, 5) is 11.7. The molecule has 1 saturated carbocycles. The first-order chi connectivity index (χ1) is 8.39. The highest BCUT2D eigenvalue weighted by molar-refractivity contribution is 5.67. The second-order valence-corrected chi connectivity index (χ2v) is 6.93. The Balaban J connectivity index is 1.83. The average molecular weight is 254 g/mol. The fourth-order valence-corrected chi connectivity index (χ4v) is 3.03. The van der Waals surface area contributed by atoms with Gasteiger partial charge in [-0.05, 0) is 58.9 Å². The predicted octanol–water partition coefficient (Wildman–Crippen LogP) is 2.29. The lowest BCUT2D eigenvalue weighted by Crippen LogP contribution is -2.44. The zero-order valence-corrected chi connectivity index (χ0v) is 11.8. The van der Waals surface area contributed by atoms with Crippen LogP contribution in [0.1, 0.15) is 46.5 Å². The van der Waals surface area contributed by atoms with Crippen LogP contribution in [-0.4, -0.2) is 31.3 Å². The molecule has 0 aromatic carbocycles. The van der Waals surface area contributed by atoms with E-state index in [0.717, 1.165) is 25.6 Å². The third kappa shape index (κ3) is 3.61. The van der Waals surface area contributed by atoms with Gasteiger partial charge in [-0.3, -0.25) is 0 Å². The summed E-state index contributed by atoms with van der Waals surface area (Å²) in [5, 5.41) is 6.48. The van der Waals surface area contributed by atoms with Gasteiger partial charge in [0.1, 0.15) is 5.60 Å². The van der Waals surface area contributed by atoms with Crippen LogP contribution in [0.25, 0.3) is 0 Å². The molecule has 1 aliphatic carbocycles. The van der Waals surface area contributed by atoms with Crippen molar-refractivity contribution in [1.29, 1.82) is 0 Å². The molecule has 2 heterocycles. The van der Waals surface area contributed by atoms with Crippen LogP contribution in [0.2, 0.25) is 0 Å². The maximum atomic E-state index is 11.7. The summed E-state index contributed by atoms with van der Waals surface area (Å²) in [5.74, 6) is 0.849. The number of ether oxygens (including phenoxy) is 1. The van der Waals surface area contributed by atoms with Crippen molar-refractivity contribution in [2.24, 2.45) is 11.3 Å². The fraction of sp³-hybridized carbons (Fsp3) is 0.929. The predicted molar refractivity (Wildman–Crippen MR) is 71.5 cm³/mol. The maximum absolute atomic E-state index is 11.7. The van der Waals surface area contributed by atoms with E-state index in [9.17, 15) is 4.79 Å². The van der Waals surface area contributed by atoms with Crippen LogP contribution >= 0.6 is 0 Å². The Morgan fingerprint density at radius 3 is 2.67 bits per heavy atom. The number of fused-ring (bicyclic) bond motifs is 4. The molecule has 4 heteroatoms. The minimum absolute atomic E-state index is 0.254. The molecule has 18 heavy (non-hydrogen) atoms. The SMILES string of the molecule is CC(C)(C)OC(=O)NCC12CCC(CC1)CNC2. The van der Waals surface area contributed by atoms with Gasteiger partial charge in [0, 0.05) is 18.5 Å². The molecule has 2 bridgehead atoms. The number of hydrogen-bond acceptors (Lipinski definition) is 3. The molecule has 0 unspecified atom stereocenters. The summed E-state index contributed by atoms with van der Waals surface area (Å²) in [6.07, 6.45) is 4.75. The van der Waals surface area contributed by atoms with Crippen LogP contribution in [0, 0.1) is 11.3 Å². The Hall–Kier alpha value is -0.770. The third-order valence-corrected chi connectivity index (χ3v) is 4.11. The van der Waals surface area contributed by atoms with Crippen molar-refractivity contribution < 1.29 is 9.53 Å². The second kappa shape index (κ2) is 5.08. The van der Waals surface area contributed by atoms with Crippen molar-refractivity contribution in [1.82, 2.24) is 10.6 Å². The molecule has 2 N–H and O–H groups in total. The van der Waals surface area contributed by atoms with Crippen LogP contribution < -0.4 is 10.6 Å². The van der Waals surface area contributed by atoms with E-state index in [1.807, 2.05) is 20.8 Å². The number of amides is 1. The van der Waals surface area contributed by atoms with Gasteiger partial charge in [0.15, 0.2) is 0 Å². The molecule has 3 fully saturated rings. The number of hydrogen-bond donors (Lipinski definition) is 2. The fourth-order valence-electron chi connectivity index (χ4n) is 3.03. The van der Waals surface area contributed by atoms with Crippen molar-refractivity contribution in [2.45, 2.75) is 52.1 Å². The topological polar surface area (TPSA) is 50.4 Å². The van der Waals surface area contributed by atoms with E-state index in [4.69, 9.17) is 4.74 Å². The summed E-state index contributed by atoms with van der Waals surface area (Å²) in [7, 11) is 0. The van der Waals surface area contributed by atoms with Gasteiger partial charge in [-0.1, -0.05) is 0 Å². The summed E-state index contributed by atoms with van der Waals surface area (Å²) in [5.41, 5.74) is -0.162. The van der Waals surface area contributed by atoms with Gasteiger partial charge in [0.25, 0.3) is 0 Å². The molecular formula is C14H26N2O2.